The quantitative estimate of drug-likeness (QED) is 0.628. The average molecular weight is 191 g/mol. The summed E-state index contributed by atoms with van der Waals surface area (Å²) in [5.74, 6) is 0.816. The molecule has 0 bridgehead atoms. The maximum Gasteiger partial charge on any atom is 0.214 e. The summed E-state index contributed by atoms with van der Waals surface area (Å²) in [5.41, 5.74) is 0.827. The van der Waals surface area contributed by atoms with Crippen LogP contribution in [0.3, 0.4) is 0 Å². The van der Waals surface area contributed by atoms with Crippen molar-refractivity contribution < 1.29 is 4.79 Å². The predicted molar refractivity (Wildman–Crippen MR) is 48.6 cm³/mol. The van der Waals surface area contributed by atoms with Crippen molar-refractivity contribution in [2.75, 3.05) is 0 Å². The van der Waals surface area contributed by atoms with E-state index in [9.17, 15) is 4.79 Å². The molecule has 0 radical (unpaired) electrons. The van der Waals surface area contributed by atoms with Crippen molar-refractivity contribution >= 4 is 6.29 Å². The predicted octanol–water partition coefficient (Wildman–Crippen LogP) is 0.0281. The van der Waals surface area contributed by atoms with E-state index in [1.54, 1.807) is 22.6 Å². The van der Waals surface area contributed by atoms with Crippen LogP contribution < -0.4 is 0 Å². The number of hydrogen-bond acceptors (Lipinski definition) is 4. The number of aromatic nitrogens is 5. The van der Waals surface area contributed by atoms with E-state index in [1.165, 1.54) is 0 Å². The fourth-order valence-electron chi connectivity index (χ4n) is 1.27. The lowest BCUT2D eigenvalue weighted by molar-refractivity contribution is 0.111. The average Bonchev–Trinajstić information content (AvgIpc) is 2.72. The van der Waals surface area contributed by atoms with Gasteiger partial charge in [-0.2, -0.15) is 5.10 Å². The summed E-state index contributed by atoms with van der Waals surface area (Å²) < 4.78 is 3.24. The Morgan fingerprint density at radius 1 is 1.36 bits per heavy atom. The van der Waals surface area contributed by atoms with Gasteiger partial charge in [0.1, 0.15) is 5.69 Å². The van der Waals surface area contributed by atoms with Crippen LogP contribution in [0.1, 0.15) is 10.6 Å². The number of aldehydes is 1. The highest BCUT2D eigenvalue weighted by Gasteiger charge is 2.11. The van der Waals surface area contributed by atoms with E-state index in [0.717, 1.165) is 5.69 Å². The summed E-state index contributed by atoms with van der Waals surface area (Å²) in [7, 11) is 3.55. The van der Waals surface area contributed by atoms with Crippen LogP contribution in [0.15, 0.2) is 12.3 Å². The molecule has 0 aliphatic rings. The number of rotatable bonds is 2. The molecule has 0 aliphatic carbocycles. The van der Waals surface area contributed by atoms with Crippen LogP contribution in [0.2, 0.25) is 0 Å². The molecule has 72 valence electrons. The van der Waals surface area contributed by atoms with E-state index >= 15 is 0 Å². The fraction of sp³-hybridized carbons (Fsp3) is 0.250. The number of nitrogens with zero attached hydrogens (tertiary/aromatic N) is 5. The zero-order chi connectivity index (χ0) is 10.1. The van der Waals surface area contributed by atoms with Crippen molar-refractivity contribution in [2.24, 2.45) is 14.1 Å². The molecule has 2 aromatic heterocycles. The summed E-state index contributed by atoms with van der Waals surface area (Å²) in [6.45, 7) is 0. The molecule has 0 aliphatic heterocycles. The largest absolute Gasteiger partial charge is 0.294 e. The second-order valence-corrected chi connectivity index (χ2v) is 2.88. The van der Waals surface area contributed by atoms with Gasteiger partial charge in [0.15, 0.2) is 12.1 Å². The monoisotopic (exact) mass is 191 g/mol. The molecule has 2 aromatic rings. The Kier molecular flexibility index (Phi) is 1.88. The summed E-state index contributed by atoms with van der Waals surface area (Å²) in [6.07, 6.45) is 2.30. The van der Waals surface area contributed by atoms with Crippen molar-refractivity contribution in [2.45, 2.75) is 0 Å². The third kappa shape index (κ3) is 1.20. The number of carbonyl (C=O) groups is 1. The molecule has 0 fully saturated rings. The molecule has 0 unspecified atom stereocenters. The molecule has 6 nitrogen and oxygen atoms in total. The SMILES string of the molecule is Cn1nccc1-c1nc(C=O)nn1C. The lowest BCUT2D eigenvalue weighted by Crippen LogP contribution is -2.00. The van der Waals surface area contributed by atoms with Crippen molar-refractivity contribution in [1.29, 1.82) is 0 Å². The molecule has 0 saturated carbocycles. The van der Waals surface area contributed by atoms with Crippen LogP contribution >= 0.6 is 0 Å². The highest BCUT2D eigenvalue weighted by Crippen LogP contribution is 2.13. The number of hydrogen-bond donors (Lipinski definition) is 0. The van der Waals surface area contributed by atoms with Gasteiger partial charge in [0.05, 0.1) is 0 Å². The van der Waals surface area contributed by atoms with Crippen LogP contribution in [0.5, 0.6) is 0 Å². The minimum absolute atomic E-state index is 0.184. The van der Waals surface area contributed by atoms with Crippen molar-refractivity contribution in [3.63, 3.8) is 0 Å². The molecule has 2 rings (SSSR count). The first-order valence-corrected chi connectivity index (χ1v) is 4.07. The lowest BCUT2D eigenvalue weighted by Gasteiger charge is -1.98. The van der Waals surface area contributed by atoms with Crippen LogP contribution in [0, 0.1) is 0 Å². The van der Waals surface area contributed by atoms with Crippen LogP contribution in [0.4, 0.5) is 0 Å². The highest BCUT2D eigenvalue weighted by atomic mass is 16.1. The van der Waals surface area contributed by atoms with Gasteiger partial charge in [-0.1, -0.05) is 0 Å². The normalized spacial score (nSPS) is 10.4. The molecule has 14 heavy (non-hydrogen) atoms. The molecule has 6 heteroatoms. The topological polar surface area (TPSA) is 65.6 Å². The Bertz CT molecular complexity index is 470. The van der Waals surface area contributed by atoms with Gasteiger partial charge in [-0.05, 0) is 6.07 Å². The fourth-order valence-corrected chi connectivity index (χ4v) is 1.27. The van der Waals surface area contributed by atoms with Gasteiger partial charge < -0.3 is 0 Å². The van der Waals surface area contributed by atoms with Crippen molar-refractivity contribution in [3.8, 4) is 11.5 Å². The van der Waals surface area contributed by atoms with E-state index in [1.807, 2.05) is 13.1 Å². The summed E-state index contributed by atoms with van der Waals surface area (Å²) in [6, 6.07) is 1.82. The Balaban J connectivity index is 2.56. The molecule has 0 atom stereocenters. The molecule has 0 N–H and O–H groups in total. The molecule has 0 spiro atoms. The first-order chi connectivity index (χ1) is 6.72. The molecule has 0 amide bonds. The summed E-state index contributed by atoms with van der Waals surface area (Å²) in [5, 5.41) is 7.94. The number of carbonyl (C=O) groups excluding carboxylic acids is 1. The maximum atomic E-state index is 10.5. The minimum atomic E-state index is 0.184. The second kappa shape index (κ2) is 3.06. The highest BCUT2D eigenvalue weighted by molar-refractivity contribution is 5.70. The lowest BCUT2D eigenvalue weighted by atomic mass is 10.4. The van der Waals surface area contributed by atoms with Crippen LogP contribution in [0.25, 0.3) is 11.5 Å². The van der Waals surface area contributed by atoms with E-state index in [-0.39, 0.29) is 5.82 Å². The zero-order valence-electron chi connectivity index (χ0n) is 7.88. The summed E-state index contributed by atoms with van der Waals surface area (Å²) >= 11 is 0. The van der Waals surface area contributed by atoms with E-state index in [4.69, 9.17) is 0 Å². The van der Waals surface area contributed by atoms with Gasteiger partial charge >= 0.3 is 0 Å². The number of aryl methyl sites for hydroxylation is 2. The first kappa shape index (κ1) is 8.61. The van der Waals surface area contributed by atoms with Crippen LogP contribution in [-0.2, 0) is 14.1 Å². The molecule has 2 heterocycles. The standard InChI is InChI=1S/C8H9N5O/c1-12-6(3-4-9-12)8-10-7(5-14)11-13(8)2/h3-5H,1-2H3. The van der Waals surface area contributed by atoms with Gasteiger partial charge in [0.25, 0.3) is 0 Å². The van der Waals surface area contributed by atoms with Gasteiger partial charge in [-0.15, -0.1) is 5.10 Å². The Hall–Kier alpha value is -1.98. The van der Waals surface area contributed by atoms with Gasteiger partial charge in [-0.3, -0.25) is 9.48 Å². The molecular formula is C8H9N5O. The van der Waals surface area contributed by atoms with Gasteiger partial charge in [0, 0.05) is 20.3 Å². The minimum Gasteiger partial charge on any atom is -0.294 e. The summed E-state index contributed by atoms with van der Waals surface area (Å²) in [4.78, 5) is 14.5. The van der Waals surface area contributed by atoms with E-state index in [0.29, 0.717) is 12.1 Å². The molecule has 0 saturated heterocycles. The van der Waals surface area contributed by atoms with E-state index in [2.05, 4.69) is 15.2 Å². The van der Waals surface area contributed by atoms with Crippen LogP contribution in [-0.4, -0.2) is 30.8 Å². The zero-order valence-corrected chi connectivity index (χ0v) is 7.88. The first-order valence-electron chi connectivity index (χ1n) is 4.07. The van der Waals surface area contributed by atoms with E-state index < -0.39 is 0 Å². The third-order valence-corrected chi connectivity index (χ3v) is 1.93. The smallest absolute Gasteiger partial charge is 0.214 e. The Morgan fingerprint density at radius 3 is 2.64 bits per heavy atom. The Morgan fingerprint density at radius 2 is 2.14 bits per heavy atom. The second-order valence-electron chi connectivity index (χ2n) is 2.88. The van der Waals surface area contributed by atoms with Gasteiger partial charge in [0.2, 0.25) is 5.82 Å². The maximum absolute atomic E-state index is 10.5. The molecule has 0 aromatic carbocycles. The third-order valence-electron chi connectivity index (χ3n) is 1.93. The molecular weight excluding hydrogens is 182 g/mol. The van der Waals surface area contributed by atoms with Crippen molar-refractivity contribution in [3.05, 3.63) is 18.1 Å². The van der Waals surface area contributed by atoms with Gasteiger partial charge in [-0.25, -0.2) is 9.67 Å². The Labute approximate surface area is 80.2 Å². The van der Waals surface area contributed by atoms with Crippen molar-refractivity contribution in [1.82, 2.24) is 24.5 Å².